The number of benzene rings is 1. The zero-order chi connectivity index (χ0) is 10.1. The Morgan fingerprint density at radius 3 is 2.79 bits per heavy atom. The lowest BCUT2D eigenvalue weighted by atomic mass is 9.88. The maximum atomic E-state index is 13.3. The molecular weight excluding hydrogens is 203 g/mol. The van der Waals surface area contributed by atoms with Gasteiger partial charge in [0.25, 0.3) is 0 Å². The van der Waals surface area contributed by atoms with Gasteiger partial charge in [-0.2, -0.15) is 0 Å². The smallest absolute Gasteiger partial charge is 0.151 e. The molecule has 3 heteroatoms. The fourth-order valence-electron chi connectivity index (χ4n) is 2.00. The third kappa shape index (κ3) is 1.44. The Morgan fingerprint density at radius 1 is 1.36 bits per heavy atom. The number of carbonyl (C=O) groups is 1. The molecule has 0 unspecified atom stereocenters. The van der Waals surface area contributed by atoms with Crippen LogP contribution in [-0.2, 0) is 12.8 Å². The first-order valence-electron chi connectivity index (χ1n) is 4.69. The van der Waals surface area contributed by atoms with Crippen molar-refractivity contribution in [3.05, 3.63) is 33.6 Å². The average molecular weight is 213 g/mol. The molecule has 0 bridgehead atoms. The second-order valence-corrected chi connectivity index (χ2v) is 3.93. The van der Waals surface area contributed by atoms with Crippen LogP contribution in [-0.4, -0.2) is 6.29 Å². The molecule has 0 atom stereocenters. The van der Waals surface area contributed by atoms with Crippen molar-refractivity contribution in [1.29, 1.82) is 0 Å². The van der Waals surface area contributed by atoms with E-state index < -0.39 is 5.82 Å². The number of fused-ring (bicyclic) bond motifs is 1. The molecular formula is C11H10ClFO. The lowest BCUT2D eigenvalue weighted by Crippen LogP contribution is -2.08. The highest BCUT2D eigenvalue weighted by Gasteiger charge is 2.18. The zero-order valence-corrected chi connectivity index (χ0v) is 8.40. The van der Waals surface area contributed by atoms with Crippen molar-refractivity contribution in [3.63, 3.8) is 0 Å². The molecule has 0 saturated carbocycles. The van der Waals surface area contributed by atoms with E-state index in [9.17, 15) is 9.18 Å². The Morgan fingerprint density at radius 2 is 2.07 bits per heavy atom. The minimum atomic E-state index is -0.477. The van der Waals surface area contributed by atoms with Crippen LogP contribution in [0.25, 0.3) is 0 Å². The van der Waals surface area contributed by atoms with Crippen molar-refractivity contribution in [2.75, 3.05) is 0 Å². The molecule has 1 aromatic rings. The van der Waals surface area contributed by atoms with Gasteiger partial charge in [-0.05, 0) is 42.9 Å². The second-order valence-electron chi connectivity index (χ2n) is 3.55. The highest BCUT2D eigenvalue weighted by molar-refractivity contribution is 6.33. The minimum absolute atomic E-state index is 0.0272. The molecule has 0 amide bonds. The van der Waals surface area contributed by atoms with Crippen LogP contribution in [0, 0.1) is 5.82 Å². The van der Waals surface area contributed by atoms with Gasteiger partial charge in [0.2, 0.25) is 0 Å². The van der Waals surface area contributed by atoms with Crippen molar-refractivity contribution in [2.24, 2.45) is 0 Å². The Kier molecular flexibility index (Phi) is 2.55. The van der Waals surface area contributed by atoms with Crippen LogP contribution in [0.1, 0.15) is 34.3 Å². The van der Waals surface area contributed by atoms with Crippen LogP contribution in [0.5, 0.6) is 0 Å². The molecule has 0 aromatic heterocycles. The van der Waals surface area contributed by atoms with Gasteiger partial charge >= 0.3 is 0 Å². The van der Waals surface area contributed by atoms with Crippen LogP contribution < -0.4 is 0 Å². The molecule has 0 N–H and O–H groups in total. The predicted molar refractivity (Wildman–Crippen MR) is 53.4 cm³/mol. The highest BCUT2D eigenvalue weighted by Crippen LogP contribution is 2.30. The zero-order valence-electron chi connectivity index (χ0n) is 7.65. The second kappa shape index (κ2) is 3.70. The van der Waals surface area contributed by atoms with E-state index in [0.717, 1.165) is 36.8 Å². The summed E-state index contributed by atoms with van der Waals surface area (Å²) < 4.78 is 13.3. The summed E-state index contributed by atoms with van der Waals surface area (Å²) in [4.78, 5) is 10.8. The van der Waals surface area contributed by atoms with Crippen molar-refractivity contribution < 1.29 is 9.18 Å². The van der Waals surface area contributed by atoms with E-state index in [1.807, 2.05) is 0 Å². The number of hydrogen-bond donors (Lipinski definition) is 0. The molecule has 0 fully saturated rings. The number of rotatable bonds is 1. The van der Waals surface area contributed by atoms with E-state index in [2.05, 4.69) is 0 Å². The summed E-state index contributed by atoms with van der Waals surface area (Å²) in [6.45, 7) is 0. The van der Waals surface area contributed by atoms with E-state index in [1.54, 1.807) is 0 Å². The van der Waals surface area contributed by atoms with Crippen LogP contribution in [0.3, 0.4) is 0 Å². The first kappa shape index (κ1) is 9.66. The fourth-order valence-corrected chi connectivity index (χ4v) is 2.21. The number of hydrogen-bond acceptors (Lipinski definition) is 1. The van der Waals surface area contributed by atoms with Crippen LogP contribution in [0.15, 0.2) is 6.07 Å². The van der Waals surface area contributed by atoms with E-state index >= 15 is 0 Å². The molecule has 2 rings (SSSR count). The topological polar surface area (TPSA) is 17.1 Å². The van der Waals surface area contributed by atoms with Crippen LogP contribution >= 0.6 is 11.6 Å². The van der Waals surface area contributed by atoms with Gasteiger partial charge in [-0.3, -0.25) is 4.79 Å². The number of carbonyl (C=O) groups excluding carboxylic acids is 1. The third-order valence-electron chi connectivity index (χ3n) is 2.70. The standard InChI is InChI=1S/C11H10ClFO/c12-11-9(6-14)8-4-2-1-3-7(8)5-10(11)13/h5-6H,1-4H2. The molecule has 14 heavy (non-hydrogen) atoms. The molecule has 0 heterocycles. The Hall–Kier alpha value is -0.890. The summed E-state index contributed by atoms with van der Waals surface area (Å²) in [5.74, 6) is -0.477. The van der Waals surface area contributed by atoms with Gasteiger partial charge in [0.1, 0.15) is 5.82 Å². The predicted octanol–water partition coefficient (Wildman–Crippen LogP) is 3.17. The van der Waals surface area contributed by atoms with Crippen LogP contribution in [0.2, 0.25) is 5.02 Å². The molecule has 0 spiro atoms. The van der Waals surface area contributed by atoms with Crippen molar-refractivity contribution in [2.45, 2.75) is 25.7 Å². The maximum absolute atomic E-state index is 13.3. The lowest BCUT2D eigenvalue weighted by Gasteiger charge is -2.18. The Balaban J connectivity index is 2.65. The summed E-state index contributed by atoms with van der Waals surface area (Å²) in [5.41, 5.74) is 2.24. The highest BCUT2D eigenvalue weighted by atomic mass is 35.5. The van der Waals surface area contributed by atoms with Gasteiger partial charge in [0.05, 0.1) is 5.02 Å². The number of aryl methyl sites for hydroxylation is 1. The quantitative estimate of drug-likeness (QED) is 0.654. The molecule has 1 aliphatic rings. The summed E-state index contributed by atoms with van der Waals surface area (Å²) in [6.07, 6.45) is 4.46. The van der Waals surface area contributed by atoms with E-state index in [1.165, 1.54) is 6.07 Å². The molecule has 1 nitrogen and oxygen atoms in total. The van der Waals surface area contributed by atoms with E-state index in [-0.39, 0.29) is 5.02 Å². The molecule has 0 aliphatic heterocycles. The lowest BCUT2D eigenvalue weighted by molar-refractivity contribution is 0.112. The van der Waals surface area contributed by atoms with Gasteiger partial charge in [-0.25, -0.2) is 4.39 Å². The van der Waals surface area contributed by atoms with Crippen LogP contribution in [0.4, 0.5) is 4.39 Å². The molecule has 74 valence electrons. The van der Waals surface area contributed by atoms with Crippen molar-refractivity contribution in [1.82, 2.24) is 0 Å². The largest absolute Gasteiger partial charge is 0.298 e. The Bertz CT molecular complexity index is 387. The van der Waals surface area contributed by atoms with Crippen molar-refractivity contribution in [3.8, 4) is 0 Å². The summed E-state index contributed by atoms with van der Waals surface area (Å²) in [5, 5.41) is -0.0272. The van der Waals surface area contributed by atoms with E-state index in [4.69, 9.17) is 11.6 Å². The van der Waals surface area contributed by atoms with Gasteiger partial charge in [-0.15, -0.1) is 0 Å². The third-order valence-corrected chi connectivity index (χ3v) is 3.08. The molecule has 1 aromatic carbocycles. The summed E-state index contributed by atoms with van der Waals surface area (Å²) in [7, 11) is 0. The van der Waals surface area contributed by atoms with Gasteiger partial charge in [0.15, 0.2) is 6.29 Å². The SMILES string of the molecule is O=Cc1c(Cl)c(F)cc2c1CCCC2. The summed E-state index contributed by atoms with van der Waals surface area (Å²) >= 11 is 5.72. The van der Waals surface area contributed by atoms with E-state index in [0.29, 0.717) is 11.8 Å². The Labute approximate surface area is 86.9 Å². The molecule has 0 radical (unpaired) electrons. The molecule has 1 aliphatic carbocycles. The minimum Gasteiger partial charge on any atom is -0.298 e. The first-order chi connectivity index (χ1) is 6.74. The average Bonchev–Trinajstić information content (AvgIpc) is 2.20. The van der Waals surface area contributed by atoms with Gasteiger partial charge < -0.3 is 0 Å². The van der Waals surface area contributed by atoms with Gasteiger partial charge in [-0.1, -0.05) is 11.6 Å². The van der Waals surface area contributed by atoms with Crippen molar-refractivity contribution >= 4 is 17.9 Å². The number of aldehydes is 1. The first-order valence-corrected chi connectivity index (χ1v) is 5.06. The maximum Gasteiger partial charge on any atom is 0.151 e. The normalized spacial score (nSPS) is 15.0. The van der Waals surface area contributed by atoms with Gasteiger partial charge in [0, 0.05) is 5.56 Å². The molecule has 0 saturated heterocycles. The number of halogens is 2. The summed E-state index contributed by atoms with van der Waals surface area (Å²) in [6, 6.07) is 1.46. The monoisotopic (exact) mass is 212 g/mol. The fraction of sp³-hybridized carbons (Fsp3) is 0.364.